The van der Waals surface area contributed by atoms with Crippen LogP contribution in [0.1, 0.15) is 104 Å². The molecule has 0 saturated heterocycles. The number of nitrogens with one attached hydrogen (secondary N) is 1. The quantitative estimate of drug-likeness (QED) is 0.282. The second-order valence-corrected chi connectivity index (χ2v) is 6.95. The Morgan fingerprint density at radius 1 is 0.800 bits per heavy atom. The molecule has 4 nitrogen and oxygen atoms in total. The number of carbonyl (C=O) groups is 2. The van der Waals surface area contributed by atoms with E-state index in [1.165, 1.54) is 77.6 Å². The van der Waals surface area contributed by atoms with E-state index < -0.39 is 12.0 Å². The maximum atomic E-state index is 11.6. The summed E-state index contributed by atoms with van der Waals surface area (Å²) in [6.45, 7) is 3.88. The first kappa shape index (κ1) is 28.0. The summed E-state index contributed by atoms with van der Waals surface area (Å²) in [5, 5.41) is 13.2. The number of aliphatic carboxylic acids is 1. The zero-order valence-corrected chi connectivity index (χ0v) is 20.0. The Bertz CT molecular complexity index is 324. The number of Topliss-reactive ketones (excluding diaryl/α,β-unsaturated/α-hetero) is 1. The third-order valence-electron chi connectivity index (χ3n) is 4.52. The van der Waals surface area contributed by atoms with Gasteiger partial charge in [0.05, 0.1) is 12.5 Å². The first-order chi connectivity index (χ1) is 11.6. The van der Waals surface area contributed by atoms with Gasteiger partial charge in [-0.2, -0.15) is 0 Å². The Morgan fingerprint density at radius 2 is 1.20 bits per heavy atom. The van der Waals surface area contributed by atoms with E-state index in [1.54, 1.807) is 0 Å². The number of hydrogen-bond donors (Lipinski definition) is 1. The maximum absolute atomic E-state index is 11.6. The molecule has 0 amide bonds. The van der Waals surface area contributed by atoms with Gasteiger partial charge in [-0.15, -0.1) is 0 Å². The molecule has 25 heavy (non-hydrogen) atoms. The molecule has 5 heteroatoms. The van der Waals surface area contributed by atoms with Crippen LogP contribution in [0.25, 0.3) is 0 Å². The van der Waals surface area contributed by atoms with Crippen LogP contribution in [0.15, 0.2) is 0 Å². The molecule has 1 unspecified atom stereocenters. The molecule has 0 aromatic carbocycles. The number of unbranched alkanes of at least 4 members (excludes halogenated alkanes) is 12. The molecule has 0 aromatic heterocycles. The Labute approximate surface area is 197 Å². The molecule has 0 fully saturated rings. The summed E-state index contributed by atoms with van der Waals surface area (Å²) in [6, 6.07) is -0.763. The van der Waals surface area contributed by atoms with E-state index in [-0.39, 0.29) is 63.7 Å². The van der Waals surface area contributed by atoms with E-state index in [0.717, 1.165) is 12.8 Å². The van der Waals surface area contributed by atoms with E-state index in [9.17, 15) is 14.7 Å². The Kier molecular flexibility index (Phi) is 23.5. The van der Waals surface area contributed by atoms with E-state index in [4.69, 9.17) is 0 Å². The normalized spacial score (nSPS) is 11.8. The number of ketones is 1. The molecule has 0 spiro atoms. The van der Waals surface area contributed by atoms with E-state index in [2.05, 4.69) is 12.2 Å². The molecule has 0 rings (SSSR count). The van der Waals surface area contributed by atoms with Crippen LogP contribution < -0.4 is 61.8 Å². The molecule has 0 aliphatic heterocycles. The van der Waals surface area contributed by atoms with Gasteiger partial charge in [0.2, 0.25) is 0 Å². The van der Waals surface area contributed by atoms with Gasteiger partial charge < -0.3 is 15.2 Å². The summed E-state index contributed by atoms with van der Waals surface area (Å²) in [7, 11) is 0. The van der Waals surface area contributed by atoms with Crippen LogP contribution in [0.2, 0.25) is 0 Å². The SMILES string of the molecule is CCCCCCCCCCCCCCCC(=O)CNC(C)C(=O)[O-].[K+]. The Balaban J connectivity index is 0. The molecule has 0 radical (unpaired) electrons. The van der Waals surface area contributed by atoms with Crippen molar-refractivity contribution >= 4 is 11.8 Å². The monoisotopic (exact) mass is 379 g/mol. The summed E-state index contributed by atoms with van der Waals surface area (Å²) >= 11 is 0. The van der Waals surface area contributed by atoms with Gasteiger partial charge in [0.15, 0.2) is 0 Å². The second kappa shape index (κ2) is 21.0. The van der Waals surface area contributed by atoms with E-state index in [0.29, 0.717) is 6.42 Å². The average Bonchev–Trinajstić information content (AvgIpc) is 2.56. The van der Waals surface area contributed by atoms with Crippen molar-refractivity contribution in [1.82, 2.24) is 5.32 Å². The number of carboxylic acid groups (broad SMARTS) is 1. The van der Waals surface area contributed by atoms with Crippen molar-refractivity contribution < 1.29 is 66.1 Å². The van der Waals surface area contributed by atoms with Crippen molar-refractivity contribution in [2.75, 3.05) is 6.54 Å². The van der Waals surface area contributed by atoms with Crippen LogP contribution >= 0.6 is 0 Å². The summed E-state index contributed by atoms with van der Waals surface area (Å²) in [5.41, 5.74) is 0. The Morgan fingerprint density at radius 3 is 1.60 bits per heavy atom. The van der Waals surface area contributed by atoms with Crippen LogP contribution in [0, 0.1) is 0 Å². The molecule has 0 aliphatic rings. The molecule has 0 aliphatic carbocycles. The smallest absolute Gasteiger partial charge is 0.548 e. The van der Waals surface area contributed by atoms with Gasteiger partial charge in [0, 0.05) is 12.5 Å². The molecule has 0 aromatic rings. The van der Waals surface area contributed by atoms with Crippen molar-refractivity contribution in [2.24, 2.45) is 0 Å². The van der Waals surface area contributed by atoms with Crippen LogP contribution in [-0.2, 0) is 9.59 Å². The predicted molar refractivity (Wildman–Crippen MR) is 97.8 cm³/mol. The zero-order chi connectivity index (χ0) is 18.0. The van der Waals surface area contributed by atoms with Crippen LogP contribution in [0.3, 0.4) is 0 Å². The molecular weight excluding hydrogens is 341 g/mol. The minimum Gasteiger partial charge on any atom is -0.548 e. The molecule has 0 saturated carbocycles. The van der Waals surface area contributed by atoms with Gasteiger partial charge in [0.25, 0.3) is 0 Å². The number of hydrogen-bond acceptors (Lipinski definition) is 4. The summed E-state index contributed by atoms with van der Waals surface area (Å²) in [4.78, 5) is 22.1. The second-order valence-electron chi connectivity index (χ2n) is 6.95. The van der Waals surface area contributed by atoms with Gasteiger partial charge in [-0.25, -0.2) is 0 Å². The largest absolute Gasteiger partial charge is 1.00 e. The third kappa shape index (κ3) is 20.9. The van der Waals surface area contributed by atoms with Crippen LogP contribution in [0.5, 0.6) is 0 Å². The first-order valence-electron chi connectivity index (χ1n) is 10.0. The van der Waals surface area contributed by atoms with Crippen LogP contribution in [0.4, 0.5) is 0 Å². The summed E-state index contributed by atoms with van der Waals surface area (Å²) < 4.78 is 0. The minimum absolute atomic E-state index is 0. The molecule has 1 atom stereocenters. The summed E-state index contributed by atoms with van der Waals surface area (Å²) in [5.74, 6) is -1.07. The van der Waals surface area contributed by atoms with Crippen molar-refractivity contribution in [2.45, 2.75) is 110 Å². The fourth-order valence-corrected chi connectivity index (χ4v) is 2.78. The topological polar surface area (TPSA) is 69.2 Å². The molecule has 142 valence electrons. The minimum atomic E-state index is -1.16. The number of rotatable bonds is 18. The van der Waals surface area contributed by atoms with Gasteiger partial charge >= 0.3 is 51.4 Å². The van der Waals surface area contributed by atoms with Crippen molar-refractivity contribution in [3.8, 4) is 0 Å². The zero-order valence-electron chi connectivity index (χ0n) is 16.9. The van der Waals surface area contributed by atoms with Crippen LogP contribution in [-0.4, -0.2) is 24.3 Å². The van der Waals surface area contributed by atoms with Gasteiger partial charge in [-0.3, -0.25) is 4.79 Å². The van der Waals surface area contributed by atoms with E-state index in [1.807, 2.05) is 0 Å². The molecule has 0 bridgehead atoms. The first-order valence-corrected chi connectivity index (χ1v) is 10.0. The Hall–Kier alpha value is 0.736. The van der Waals surface area contributed by atoms with Gasteiger partial charge in [0.1, 0.15) is 5.78 Å². The molecule has 0 heterocycles. The van der Waals surface area contributed by atoms with Gasteiger partial charge in [-0.05, 0) is 13.3 Å². The fourth-order valence-electron chi connectivity index (χ4n) is 2.78. The third-order valence-corrected chi connectivity index (χ3v) is 4.52. The van der Waals surface area contributed by atoms with E-state index >= 15 is 0 Å². The fraction of sp³-hybridized carbons (Fsp3) is 0.900. The standard InChI is InChI=1S/C20H39NO3.K/c1-3-4-5-6-7-8-9-10-11-12-13-14-15-16-19(22)17-21-18(2)20(23)24;/h18,21H,3-17H2,1-2H3,(H,23,24);/q;+1/p-1. The predicted octanol–water partition coefficient (Wildman–Crippen LogP) is 0.769. The summed E-state index contributed by atoms with van der Waals surface area (Å²) in [6.07, 6.45) is 17.3. The molecule has 1 N–H and O–H groups in total. The van der Waals surface area contributed by atoms with Gasteiger partial charge in [-0.1, -0.05) is 84.0 Å². The van der Waals surface area contributed by atoms with Crippen molar-refractivity contribution in [3.05, 3.63) is 0 Å². The average molecular weight is 380 g/mol. The number of carbonyl (C=O) groups excluding carboxylic acids is 2. The van der Waals surface area contributed by atoms with Crippen molar-refractivity contribution in [1.29, 1.82) is 0 Å². The molecular formula is C20H38KNO3. The number of carboxylic acids is 1. The van der Waals surface area contributed by atoms with Crippen molar-refractivity contribution in [3.63, 3.8) is 0 Å². The maximum Gasteiger partial charge on any atom is 1.00 e.